The Balaban J connectivity index is 1.63. The number of methoxy groups -OCH3 is 2. The molecular formula is C24H28N6O2. The molecule has 3 heterocycles. The van der Waals surface area contributed by atoms with E-state index in [0.717, 1.165) is 42.4 Å². The lowest BCUT2D eigenvalue weighted by atomic mass is 9.91. The van der Waals surface area contributed by atoms with Crippen molar-refractivity contribution < 1.29 is 9.47 Å². The van der Waals surface area contributed by atoms with Gasteiger partial charge in [-0.3, -0.25) is 0 Å². The average molecular weight is 433 g/mol. The summed E-state index contributed by atoms with van der Waals surface area (Å²) in [6, 6.07) is 8.15. The molecular weight excluding hydrogens is 404 g/mol. The van der Waals surface area contributed by atoms with Crippen LogP contribution in [0.2, 0.25) is 0 Å². The van der Waals surface area contributed by atoms with Crippen molar-refractivity contribution in [3.63, 3.8) is 0 Å². The van der Waals surface area contributed by atoms with Gasteiger partial charge in [-0.25, -0.2) is 19.6 Å². The Hall–Kier alpha value is -3.68. The minimum absolute atomic E-state index is 0.176. The van der Waals surface area contributed by atoms with Crippen molar-refractivity contribution in [3.05, 3.63) is 72.4 Å². The predicted octanol–water partition coefficient (Wildman–Crippen LogP) is 4.29. The number of aliphatic imine (C=N–C) groups is 1. The highest BCUT2D eigenvalue weighted by Gasteiger charge is 2.26. The summed E-state index contributed by atoms with van der Waals surface area (Å²) in [6.45, 7) is 8.81. The second kappa shape index (κ2) is 9.21. The fourth-order valence-corrected chi connectivity index (χ4v) is 3.94. The number of hydrogen-bond acceptors (Lipinski definition) is 6. The van der Waals surface area contributed by atoms with Crippen molar-refractivity contribution >= 4 is 17.3 Å². The quantitative estimate of drug-likeness (QED) is 0.429. The zero-order valence-electron chi connectivity index (χ0n) is 18.9. The van der Waals surface area contributed by atoms with Gasteiger partial charge < -0.3 is 14.0 Å². The fraction of sp³-hybridized carbons (Fsp3) is 0.333. The molecule has 1 aliphatic heterocycles. The molecule has 0 fully saturated rings. The Morgan fingerprint density at radius 2 is 2.03 bits per heavy atom. The summed E-state index contributed by atoms with van der Waals surface area (Å²) in [7, 11) is 3.26. The standard InChI is InChI=1S/C24H28N6O2/c1-6-21(29-14-16(2)25-15-29)24(32-5)26-17(3)22-27-23-20(8-7-13-30(23)28-22)18-9-11-19(31-4)12-10-18/h6,9-12,14-15,20H,3,7-8,13H2,1-2,4-5H3. The summed E-state index contributed by atoms with van der Waals surface area (Å²) in [4.78, 5) is 13.7. The molecule has 0 radical (unpaired) electrons. The van der Waals surface area contributed by atoms with Gasteiger partial charge in [-0.05, 0) is 44.4 Å². The molecule has 0 aliphatic carbocycles. The van der Waals surface area contributed by atoms with Gasteiger partial charge in [-0.15, -0.1) is 5.10 Å². The van der Waals surface area contributed by atoms with Gasteiger partial charge in [0.1, 0.15) is 23.0 Å². The van der Waals surface area contributed by atoms with Crippen LogP contribution in [0.15, 0.2) is 54.4 Å². The number of nitrogens with zero attached hydrogens (tertiary/aromatic N) is 6. The molecule has 0 saturated heterocycles. The molecule has 8 heteroatoms. The molecule has 166 valence electrons. The monoisotopic (exact) mass is 432 g/mol. The van der Waals surface area contributed by atoms with Crippen molar-refractivity contribution in [2.45, 2.75) is 39.2 Å². The van der Waals surface area contributed by atoms with Gasteiger partial charge in [-0.1, -0.05) is 24.8 Å². The highest BCUT2D eigenvalue weighted by atomic mass is 16.5. The number of ether oxygens (including phenoxy) is 2. The molecule has 0 spiro atoms. The zero-order chi connectivity index (χ0) is 22.7. The van der Waals surface area contributed by atoms with Crippen molar-refractivity contribution in [2.24, 2.45) is 4.99 Å². The summed E-state index contributed by atoms with van der Waals surface area (Å²) in [6.07, 6.45) is 7.62. The van der Waals surface area contributed by atoms with Gasteiger partial charge in [-0.2, -0.15) is 0 Å². The first-order chi connectivity index (χ1) is 15.5. The van der Waals surface area contributed by atoms with Crippen LogP contribution in [-0.4, -0.2) is 44.4 Å². The van der Waals surface area contributed by atoms with Crippen LogP contribution in [0.5, 0.6) is 5.75 Å². The van der Waals surface area contributed by atoms with E-state index in [9.17, 15) is 0 Å². The molecule has 0 N–H and O–H groups in total. The number of rotatable bonds is 6. The third kappa shape index (κ3) is 4.21. The third-order valence-electron chi connectivity index (χ3n) is 5.56. The number of allylic oxidation sites excluding steroid dienone is 1. The van der Waals surface area contributed by atoms with Crippen molar-refractivity contribution in [1.29, 1.82) is 0 Å². The zero-order valence-corrected chi connectivity index (χ0v) is 18.9. The van der Waals surface area contributed by atoms with Crippen LogP contribution in [0.4, 0.5) is 0 Å². The van der Waals surface area contributed by atoms with E-state index >= 15 is 0 Å². The number of benzene rings is 1. The Labute approximate surface area is 187 Å². The molecule has 0 amide bonds. The van der Waals surface area contributed by atoms with Gasteiger partial charge in [0, 0.05) is 18.7 Å². The van der Waals surface area contributed by atoms with Crippen LogP contribution < -0.4 is 4.74 Å². The largest absolute Gasteiger partial charge is 0.497 e. The number of imidazole rings is 1. The highest BCUT2D eigenvalue weighted by Crippen LogP contribution is 2.33. The molecule has 2 aromatic heterocycles. The van der Waals surface area contributed by atoms with Crippen molar-refractivity contribution in [3.8, 4) is 5.75 Å². The van der Waals surface area contributed by atoms with Crippen LogP contribution in [-0.2, 0) is 11.3 Å². The van der Waals surface area contributed by atoms with E-state index in [-0.39, 0.29) is 5.92 Å². The first-order valence-electron chi connectivity index (χ1n) is 10.6. The predicted molar refractivity (Wildman–Crippen MR) is 124 cm³/mol. The van der Waals surface area contributed by atoms with Gasteiger partial charge in [0.15, 0.2) is 5.82 Å². The van der Waals surface area contributed by atoms with E-state index in [1.54, 1.807) is 20.5 Å². The number of hydrogen-bond donors (Lipinski definition) is 0. The molecule has 0 saturated carbocycles. The summed E-state index contributed by atoms with van der Waals surface area (Å²) in [5.41, 5.74) is 3.33. The van der Waals surface area contributed by atoms with Gasteiger partial charge >= 0.3 is 0 Å². The lowest BCUT2D eigenvalue weighted by Crippen LogP contribution is -2.17. The molecule has 1 aliphatic rings. The van der Waals surface area contributed by atoms with Crippen molar-refractivity contribution in [1.82, 2.24) is 24.3 Å². The second-order valence-electron chi connectivity index (χ2n) is 7.65. The lowest BCUT2D eigenvalue weighted by molar-refractivity contribution is 0.407. The maximum absolute atomic E-state index is 5.57. The smallest absolute Gasteiger partial charge is 0.238 e. The summed E-state index contributed by atoms with van der Waals surface area (Å²) in [5, 5.41) is 4.69. The highest BCUT2D eigenvalue weighted by molar-refractivity contribution is 6.15. The maximum Gasteiger partial charge on any atom is 0.238 e. The molecule has 1 aromatic carbocycles. The maximum atomic E-state index is 5.57. The Bertz CT molecular complexity index is 1170. The summed E-state index contributed by atoms with van der Waals surface area (Å²) >= 11 is 0. The Morgan fingerprint density at radius 1 is 1.25 bits per heavy atom. The number of aromatic nitrogens is 5. The number of fused-ring (bicyclic) bond motifs is 1. The van der Waals surface area contributed by atoms with Crippen molar-refractivity contribution in [2.75, 3.05) is 14.2 Å². The first-order valence-corrected chi connectivity index (χ1v) is 10.6. The summed E-state index contributed by atoms with van der Waals surface area (Å²) < 4.78 is 14.7. The average Bonchev–Trinajstić information content (AvgIpc) is 3.45. The van der Waals surface area contributed by atoms with Crippen LogP contribution in [0, 0.1) is 6.92 Å². The van der Waals surface area contributed by atoms with E-state index < -0.39 is 0 Å². The molecule has 8 nitrogen and oxygen atoms in total. The second-order valence-corrected chi connectivity index (χ2v) is 7.65. The van der Waals surface area contributed by atoms with Crippen LogP contribution in [0.1, 0.15) is 48.6 Å². The SMILES string of the molecule is C=C(N=C(OC)C(=CC)n1cnc(C)c1)c1nc2n(n1)CCCC2c1ccc(OC)cc1. The van der Waals surface area contributed by atoms with E-state index in [1.807, 2.05) is 47.5 Å². The first kappa shape index (κ1) is 21.5. The molecule has 4 rings (SSSR count). The lowest BCUT2D eigenvalue weighted by Gasteiger charge is -2.22. The molecule has 1 unspecified atom stereocenters. The minimum atomic E-state index is 0.176. The third-order valence-corrected chi connectivity index (χ3v) is 5.56. The Kier molecular flexibility index (Phi) is 6.20. The minimum Gasteiger partial charge on any atom is -0.497 e. The molecule has 32 heavy (non-hydrogen) atoms. The molecule has 0 bridgehead atoms. The number of aryl methyl sites for hydroxylation is 2. The van der Waals surface area contributed by atoms with E-state index in [1.165, 1.54) is 5.56 Å². The normalized spacial score (nSPS) is 16.6. The van der Waals surface area contributed by atoms with E-state index in [0.29, 0.717) is 17.4 Å². The van der Waals surface area contributed by atoms with E-state index in [4.69, 9.17) is 14.5 Å². The fourth-order valence-electron chi connectivity index (χ4n) is 3.94. The Morgan fingerprint density at radius 3 is 2.66 bits per heavy atom. The van der Waals surface area contributed by atoms with Crippen LogP contribution in [0.25, 0.3) is 11.4 Å². The summed E-state index contributed by atoms with van der Waals surface area (Å²) in [5.74, 6) is 2.88. The molecule has 1 atom stereocenters. The van der Waals surface area contributed by atoms with Gasteiger partial charge in [0.25, 0.3) is 0 Å². The topological polar surface area (TPSA) is 79.4 Å². The van der Waals surface area contributed by atoms with Gasteiger partial charge in [0.05, 0.1) is 26.2 Å². The van der Waals surface area contributed by atoms with Gasteiger partial charge in [0.2, 0.25) is 5.90 Å². The molecule has 3 aromatic rings. The van der Waals surface area contributed by atoms with Crippen LogP contribution >= 0.6 is 0 Å². The van der Waals surface area contributed by atoms with Crippen LogP contribution in [0.3, 0.4) is 0 Å². The van der Waals surface area contributed by atoms with E-state index in [2.05, 4.69) is 33.8 Å².